The van der Waals surface area contributed by atoms with Gasteiger partial charge in [-0.1, -0.05) is 48.2 Å². The number of thiocarbonyl (C=S) groups is 1. The molecule has 4 nitrogen and oxygen atoms in total. The second kappa shape index (κ2) is 9.75. The predicted molar refractivity (Wildman–Crippen MR) is 119 cm³/mol. The standard InChI is InChI=1S/C22H23NO3S2/c1-3-23-21(24)20(28-22(23)27)15-17-8-10-18(11-9-17)25-12-5-13-26-19-7-4-6-16(2)14-19/h4,6-11,14-15H,3,5,12-13H2,1-2H3/b20-15+. The number of hydrogen-bond acceptors (Lipinski definition) is 5. The molecule has 0 saturated carbocycles. The zero-order chi connectivity index (χ0) is 19.9. The first kappa shape index (κ1) is 20.4. The number of thioether (sulfide) groups is 1. The van der Waals surface area contributed by atoms with Gasteiger partial charge in [0.05, 0.1) is 18.1 Å². The quantitative estimate of drug-likeness (QED) is 0.343. The van der Waals surface area contributed by atoms with Crippen LogP contribution in [0.2, 0.25) is 0 Å². The second-order valence-corrected chi connectivity index (χ2v) is 8.04. The van der Waals surface area contributed by atoms with Gasteiger partial charge in [-0.05, 0) is 55.3 Å². The molecule has 28 heavy (non-hydrogen) atoms. The highest BCUT2D eigenvalue weighted by atomic mass is 32.2. The topological polar surface area (TPSA) is 38.8 Å². The van der Waals surface area contributed by atoms with Crippen LogP contribution in [0.5, 0.6) is 11.5 Å². The molecule has 6 heteroatoms. The van der Waals surface area contributed by atoms with Crippen LogP contribution in [0.25, 0.3) is 6.08 Å². The second-order valence-electron chi connectivity index (χ2n) is 6.36. The average molecular weight is 414 g/mol. The molecule has 0 aromatic heterocycles. The van der Waals surface area contributed by atoms with Gasteiger partial charge in [-0.2, -0.15) is 0 Å². The Bertz CT molecular complexity index is 878. The van der Waals surface area contributed by atoms with Crippen molar-refractivity contribution >= 4 is 40.3 Å². The van der Waals surface area contributed by atoms with Crippen molar-refractivity contribution in [3.05, 3.63) is 64.6 Å². The number of carbonyl (C=O) groups excluding carboxylic acids is 1. The van der Waals surface area contributed by atoms with E-state index in [1.807, 2.05) is 68.5 Å². The van der Waals surface area contributed by atoms with E-state index in [1.54, 1.807) is 4.90 Å². The number of carbonyl (C=O) groups is 1. The molecule has 2 aromatic carbocycles. The third-order valence-electron chi connectivity index (χ3n) is 4.18. The van der Waals surface area contributed by atoms with E-state index in [0.29, 0.717) is 29.0 Å². The van der Waals surface area contributed by atoms with Crippen LogP contribution in [0.4, 0.5) is 0 Å². The SMILES string of the molecule is CCN1C(=O)/C(=C\c2ccc(OCCCOc3cccc(C)c3)cc2)SC1=S. The summed E-state index contributed by atoms with van der Waals surface area (Å²) < 4.78 is 12.1. The Labute approximate surface area is 175 Å². The molecule has 0 atom stereocenters. The predicted octanol–water partition coefficient (Wildman–Crippen LogP) is 5.06. The van der Waals surface area contributed by atoms with Gasteiger partial charge >= 0.3 is 0 Å². The van der Waals surface area contributed by atoms with E-state index in [-0.39, 0.29) is 5.91 Å². The van der Waals surface area contributed by atoms with Gasteiger partial charge in [0.2, 0.25) is 0 Å². The monoisotopic (exact) mass is 413 g/mol. The van der Waals surface area contributed by atoms with Crippen LogP contribution in [0.3, 0.4) is 0 Å². The molecular formula is C22H23NO3S2. The number of benzene rings is 2. The normalized spacial score (nSPS) is 15.4. The Morgan fingerprint density at radius 1 is 1.07 bits per heavy atom. The maximum atomic E-state index is 12.3. The highest BCUT2D eigenvalue weighted by Gasteiger charge is 2.30. The zero-order valence-electron chi connectivity index (χ0n) is 16.0. The molecule has 0 bridgehead atoms. The molecule has 1 amide bonds. The van der Waals surface area contributed by atoms with E-state index >= 15 is 0 Å². The average Bonchev–Trinajstić information content (AvgIpc) is 2.95. The Morgan fingerprint density at radius 2 is 1.79 bits per heavy atom. The van der Waals surface area contributed by atoms with E-state index in [0.717, 1.165) is 23.5 Å². The largest absolute Gasteiger partial charge is 0.493 e. The van der Waals surface area contributed by atoms with Crippen molar-refractivity contribution in [2.45, 2.75) is 20.3 Å². The highest BCUT2D eigenvalue weighted by molar-refractivity contribution is 8.26. The third kappa shape index (κ3) is 5.36. The molecule has 0 unspecified atom stereocenters. The van der Waals surface area contributed by atoms with Crippen LogP contribution in [-0.2, 0) is 4.79 Å². The molecule has 0 aliphatic carbocycles. The van der Waals surface area contributed by atoms with Gasteiger partial charge in [-0.3, -0.25) is 9.69 Å². The first-order valence-electron chi connectivity index (χ1n) is 9.24. The Morgan fingerprint density at radius 3 is 2.43 bits per heavy atom. The Balaban J connectivity index is 1.45. The van der Waals surface area contributed by atoms with Gasteiger partial charge in [-0.25, -0.2) is 0 Å². The molecule has 146 valence electrons. The lowest BCUT2D eigenvalue weighted by Crippen LogP contribution is -2.27. The number of likely N-dealkylation sites (N-methyl/N-ethyl adjacent to an activating group) is 1. The number of nitrogens with zero attached hydrogens (tertiary/aromatic N) is 1. The van der Waals surface area contributed by atoms with Gasteiger partial charge in [-0.15, -0.1) is 0 Å². The van der Waals surface area contributed by atoms with Crippen LogP contribution in [-0.4, -0.2) is 34.9 Å². The minimum Gasteiger partial charge on any atom is -0.493 e. The molecular weight excluding hydrogens is 390 g/mol. The molecule has 1 heterocycles. The highest BCUT2D eigenvalue weighted by Crippen LogP contribution is 2.32. The molecule has 1 aliphatic heterocycles. The van der Waals surface area contributed by atoms with Crippen molar-refractivity contribution in [1.29, 1.82) is 0 Å². The van der Waals surface area contributed by atoms with Gasteiger partial charge < -0.3 is 9.47 Å². The molecule has 1 saturated heterocycles. The molecule has 3 rings (SSSR count). The number of aryl methyl sites for hydroxylation is 1. The molecule has 0 radical (unpaired) electrons. The number of amides is 1. The van der Waals surface area contributed by atoms with Gasteiger partial charge in [0.1, 0.15) is 15.8 Å². The summed E-state index contributed by atoms with van der Waals surface area (Å²) in [5, 5.41) is 0. The smallest absolute Gasteiger partial charge is 0.266 e. The summed E-state index contributed by atoms with van der Waals surface area (Å²) in [7, 11) is 0. The van der Waals surface area contributed by atoms with Crippen molar-refractivity contribution in [3.63, 3.8) is 0 Å². The van der Waals surface area contributed by atoms with E-state index in [4.69, 9.17) is 21.7 Å². The van der Waals surface area contributed by atoms with Crippen LogP contribution in [0.1, 0.15) is 24.5 Å². The summed E-state index contributed by atoms with van der Waals surface area (Å²) in [6.45, 7) is 5.76. The van der Waals surface area contributed by atoms with E-state index in [1.165, 1.54) is 17.3 Å². The molecule has 2 aromatic rings. The van der Waals surface area contributed by atoms with Crippen LogP contribution >= 0.6 is 24.0 Å². The Kier molecular flexibility index (Phi) is 7.12. The molecule has 0 N–H and O–H groups in total. The summed E-state index contributed by atoms with van der Waals surface area (Å²) >= 11 is 6.58. The lowest BCUT2D eigenvalue weighted by atomic mass is 10.2. The molecule has 1 aliphatic rings. The van der Waals surface area contributed by atoms with Crippen molar-refractivity contribution in [2.75, 3.05) is 19.8 Å². The minimum absolute atomic E-state index is 0.0218. The van der Waals surface area contributed by atoms with Crippen molar-refractivity contribution in [1.82, 2.24) is 4.90 Å². The fraction of sp³-hybridized carbons (Fsp3) is 0.273. The van der Waals surface area contributed by atoms with Gasteiger partial charge in [0.25, 0.3) is 5.91 Å². The maximum absolute atomic E-state index is 12.3. The Hall–Kier alpha value is -2.31. The zero-order valence-corrected chi connectivity index (χ0v) is 17.6. The summed E-state index contributed by atoms with van der Waals surface area (Å²) in [6.07, 6.45) is 2.67. The fourth-order valence-electron chi connectivity index (χ4n) is 2.73. The van der Waals surface area contributed by atoms with Crippen LogP contribution in [0, 0.1) is 6.92 Å². The van der Waals surface area contributed by atoms with E-state index < -0.39 is 0 Å². The lowest BCUT2D eigenvalue weighted by Gasteiger charge is -2.09. The summed E-state index contributed by atoms with van der Waals surface area (Å²) in [4.78, 5) is 14.5. The summed E-state index contributed by atoms with van der Waals surface area (Å²) in [5.74, 6) is 1.66. The molecule has 1 fully saturated rings. The maximum Gasteiger partial charge on any atom is 0.266 e. The number of hydrogen-bond donors (Lipinski definition) is 0. The van der Waals surface area contributed by atoms with Gasteiger partial charge in [0.15, 0.2) is 0 Å². The first-order chi connectivity index (χ1) is 13.6. The fourth-order valence-corrected chi connectivity index (χ4v) is 4.11. The minimum atomic E-state index is -0.0218. The number of ether oxygens (including phenoxy) is 2. The van der Waals surface area contributed by atoms with Gasteiger partial charge in [0, 0.05) is 13.0 Å². The lowest BCUT2D eigenvalue weighted by molar-refractivity contribution is -0.121. The summed E-state index contributed by atoms with van der Waals surface area (Å²) in [6, 6.07) is 15.7. The van der Waals surface area contributed by atoms with Crippen LogP contribution < -0.4 is 9.47 Å². The first-order valence-corrected chi connectivity index (χ1v) is 10.5. The molecule has 0 spiro atoms. The van der Waals surface area contributed by atoms with E-state index in [9.17, 15) is 4.79 Å². The van der Waals surface area contributed by atoms with Crippen molar-refractivity contribution < 1.29 is 14.3 Å². The van der Waals surface area contributed by atoms with Crippen molar-refractivity contribution in [3.8, 4) is 11.5 Å². The summed E-state index contributed by atoms with van der Waals surface area (Å²) in [5.41, 5.74) is 2.14. The van der Waals surface area contributed by atoms with Crippen molar-refractivity contribution in [2.24, 2.45) is 0 Å². The number of rotatable bonds is 8. The van der Waals surface area contributed by atoms with Crippen LogP contribution in [0.15, 0.2) is 53.4 Å². The van der Waals surface area contributed by atoms with E-state index in [2.05, 4.69) is 0 Å². The third-order valence-corrected chi connectivity index (χ3v) is 5.56.